The maximum atomic E-state index is 13.4. The highest BCUT2D eigenvalue weighted by molar-refractivity contribution is 7.93. The van der Waals surface area contributed by atoms with Crippen molar-refractivity contribution in [3.63, 3.8) is 0 Å². The Kier molecular flexibility index (Phi) is 5.13. The Hall–Kier alpha value is -1.83. The van der Waals surface area contributed by atoms with Crippen LogP contribution in [0.25, 0.3) is 0 Å². The van der Waals surface area contributed by atoms with Gasteiger partial charge in [0.25, 0.3) is 10.0 Å². The SMILES string of the molecule is NC(=O)CN(c1cccc(F)c1)S(=O)(=O)c1cc(Cl)ccc1Cl. The number of amides is 1. The Morgan fingerprint density at radius 1 is 1.17 bits per heavy atom. The van der Waals surface area contributed by atoms with Crippen LogP contribution in [0.1, 0.15) is 0 Å². The van der Waals surface area contributed by atoms with Crippen LogP contribution in [0.2, 0.25) is 10.0 Å². The Balaban J connectivity index is 2.62. The summed E-state index contributed by atoms with van der Waals surface area (Å²) < 4.78 is 39.7. The number of primary amides is 1. The van der Waals surface area contributed by atoms with Crippen LogP contribution < -0.4 is 10.0 Å². The lowest BCUT2D eigenvalue weighted by molar-refractivity contribution is -0.116. The van der Waals surface area contributed by atoms with E-state index in [2.05, 4.69) is 0 Å². The van der Waals surface area contributed by atoms with Crippen molar-refractivity contribution in [2.45, 2.75) is 4.90 Å². The molecule has 0 aliphatic carbocycles. The normalized spacial score (nSPS) is 11.3. The minimum absolute atomic E-state index is 0.0557. The van der Waals surface area contributed by atoms with Gasteiger partial charge in [0, 0.05) is 5.02 Å². The van der Waals surface area contributed by atoms with Crippen molar-refractivity contribution in [1.29, 1.82) is 0 Å². The molecule has 2 rings (SSSR count). The van der Waals surface area contributed by atoms with Crippen LogP contribution in [0.5, 0.6) is 0 Å². The van der Waals surface area contributed by atoms with E-state index in [0.29, 0.717) is 4.31 Å². The maximum absolute atomic E-state index is 13.4. The molecule has 0 fully saturated rings. The lowest BCUT2D eigenvalue weighted by Crippen LogP contribution is -2.38. The summed E-state index contributed by atoms with van der Waals surface area (Å²) in [6.07, 6.45) is 0. The molecule has 0 spiro atoms. The number of benzene rings is 2. The number of anilines is 1. The fourth-order valence-electron chi connectivity index (χ4n) is 1.88. The number of halogens is 3. The number of carbonyl (C=O) groups excluding carboxylic acids is 1. The molecule has 2 aromatic rings. The van der Waals surface area contributed by atoms with Gasteiger partial charge in [-0.15, -0.1) is 0 Å². The third-order valence-electron chi connectivity index (χ3n) is 2.86. The third kappa shape index (κ3) is 3.93. The van der Waals surface area contributed by atoms with E-state index in [0.717, 1.165) is 18.2 Å². The van der Waals surface area contributed by atoms with Crippen molar-refractivity contribution >= 4 is 44.8 Å². The first-order valence-corrected chi connectivity index (χ1v) is 8.43. The molecule has 0 aromatic heterocycles. The van der Waals surface area contributed by atoms with Gasteiger partial charge in [0.05, 0.1) is 10.7 Å². The van der Waals surface area contributed by atoms with E-state index < -0.39 is 28.3 Å². The van der Waals surface area contributed by atoms with E-state index in [-0.39, 0.29) is 20.6 Å². The Labute approximate surface area is 142 Å². The number of sulfonamides is 1. The van der Waals surface area contributed by atoms with Gasteiger partial charge in [-0.05, 0) is 36.4 Å². The topological polar surface area (TPSA) is 80.5 Å². The molecular weight excluding hydrogens is 366 g/mol. The van der Waals surface area contributed by atoms with E-state index in [9.17, 15) is 17.6 Å². The van der Waals surface area contributed by atoms with E-state index in [4.69, 9.17) is 28.9 Å². The maximum Gasteiger partial charge on any atom is 0.266 e. The van der Waals surface area contributed by atoms with E-state index in [1.165, 1.54) is 24.3 Å². The van der Waals surface area contributed by atoms with Gasteiger partial charge in [-0.3, -0.25) is 9.10 Å². The molecule has 0 aliphatic heterocycles. The van der Waals surface area contributed by atoms with Gasteiger partial charge in [0.1, 0.15) is 17.3 Å². The number of carbonyl (C=O) groups is 1. The Morgan fingerprint density at radius 3 is 2.48 bits per heavy atom. The molecule has 0 heterocycles. The Morgan fingerprint density at radius 2 is 1.87 bits per heavy atom. The second-order valence-electron chi connectivity index (χ2n) is 4.53. The second-order valence-corrected chi connectivity index (χ2v) is 7.21. The fraction of sp³-hybridized carbons (Fsp3) is 0.0714. The predicted molar refractivity (Wildman–Crippen MR) is 86.6 cm³/mol. The minimum atomic E-state index is -4.27. The second kappa shape index (κ2) is 6.74. The summed E-state index contributed by atoms with van der Waals surface area (Å²) in [6.45, 7) is -0.672. The molecule has 0 aliphatic rings. The molecule has 0 saturated carbocycles. The van der Waals surface area contributed by atoms with E-state index in [1.807, 2.05) is 0 Å². The van der Waals surface area contributed by atoms with Crippen LogP contribution in [-0.2, 0) is 14.8 Å². The van der Waals surface area contributed by atoms with Crippen molar-refractivity contribution in [2.75, 3.05) is 10.8 Å². The number of nitrogens with zero attached hydrogens (tertiary/aromatic N) is 1. The van der Waals surface area contributed by atoms with Crippen molar-refractivity contribution in [2.24, 2.45) is 5.73 Å². The average Bonchev–Trinajstić information content (AvgIpc) is 2.47. The quantitative estimate of drug-likeness (QED) is 0.870. The van der Waals surface area contributed by atoms with Crippen LogP contribution >= 0.6 is 23.2 Å². The standard InChI is InChI=1S/C14H11Cl2FN2O3S/c15-9-4-5-12(16)13(6-9)23(21,22)19(8-14(18)20)11-3-1-2-10(17)7-11/h1-7H,8H2,(H2,18,20). The van der Waals surface area contributed by atoms with Crippen LogP contribution in [0, 0.1) is 5.82 Å². The summed E-state index contributed by atoms with van der Waals surface area (Å²) >= 11 is 11.7. The zero-order valence-electron chi connectivity index (χ0n) is 11.5. The van der Waals surface area contributed by atoms with Gasteiger partial charge >= 0.3 is 0 Å². The van der Waals surface area contributed by atoms with Crippen molar-refractivity contribution in [3.05, 3.63) is 58.3 Å². The van der Waals surface area contributed by atoms with Gasteiger partial charge in [0.2, 0.25) is 5.91 Å². The number of hydrogen-bond donors (Lipinski definition) is 1. The van der Waals surface area contributed by atoms with Crippen LogP contribution in [-0.4, -0.2) is 20.9 Å². The van der Waals surface area contributed by atoms with Crippen LogP contribution in [0.4, 0.5) is 10.1 Å². The van der Waals surface area contributed by atoms with Crippen molar-refractivity contribution < 1.29 is 17.6 Å². The highest BCUT2D eigenvalue weighted by atomic mass is 35.5. The molecule has 1 amide bonds. The largest absolute Gasteiger partial charge is 0.368 e. The van der Waals surface area contributed by atoms with Gasteiger partial charge in [0.15, 0.2) is 0 Å². The summed E-state index contributed by atoms with van der Waals surface area (Å²) in [4.78, 5) is 11.0. The molecule has 5 nitrogen and oxygen atoms in total. The zero-order valence-corrected chi connectivity index (χ0v) is 13.9. The highest BCUT2D eigenvalue weighted by Gasteiger charge is 2.29. The average molecular weight is 377 g/mol. The van der Waals surface area contributed by atoms with Crippen molar-refractivity contribution in [1.82, 2.24) is 0 Å². The lowest BCUT2D eigenvalue weighted by Gasteiger charge is -2.23. The first kappa shape index (κ1) is 17.5. The third-order valence-corrected chi connectivity index (χ3v) is 5.35. The summed E-state index contributed by atoms with van der Waals surface area (Å²) in [5.41, 5.74) is 5.06. The molecule has 0 saturated heterocycles. The van der Waals surface area contributed by atoms with Crippen LogP contribution in [0.3, 0.4) is 0 Å². The summed E-state index contributed by atoms with van der Waals surface area (Å²) in [5.74, 6) is -1.57. The van der Waals surface area contributed by atoms with Gasteiger partial charge in [-0.2, -0.15) is 0 Å². The Bertz CT molecular complexity index is 859. The van der Waals surface area contributed by atoms with Gasteiger partial charge in [-0.25, -0.2) is 12.8 Å². The number of nitrogens with two attached hydrogens (primary N) is 1. The molecular formula is C14H11Cl2FN2O3S. The summed E-state index contributed by atoms with van der Waals surface area (Å²) in [6, 6.07) is 8.64. The summed E-state index contributed by atoms with van der Waals surface area (Å²) in [7, 11) is -4.27. The number of hydrogen-bond acceptors (Lipinski definition) is 3. The lowest BCUT2D eigenvalue weighted by atomic mass is 10.3. The first-order chi connectivity index (χ1) is 10.7. The summed E-state index contributed by atoms with van der Waals surface area (Å²) in [5, 5.41) is 0.0616. The molecule has 23 heavy (non-hydrogen) atoms. The fourth-order valence-corrected chi connectivity index (χ4v) is 4.04. The number of rotatable bonds is 5. The predicted octanol–water partition coefficient (Wildman–Crippen LogP) is 2.81. The van der Waals surface area contributed by atoms with Crippen molar-refractivity contribution in [3.8, 4) is 0 Å². The molecule has 2 aromatic carbocycles. The van der Waals surface area contributed by atoms with E-state index in [1.54, 1.807) is 0 Å². The molecule has 0 atom stereocenters. The van der Waals surface area contributed by atoms with E-state index >= 15 is 0 Å². The minimum Gasteiger partial charge on any atom is -0.368 e. The van der Waals surface area contributed by atoms with Crippen LogP contribution in [0.15, 0.2) is 47.4 Å². The highest BCUT2D eigenvalue weighted by Crippen LogP contribution is 2.30. The molecule has 0 unspecified atom stereocenters. The monoisotopic (exact) mass is 376 g/mol. The first-order valence-electron chi connectivity index (χ1n) is 6.23. The smallest absolute Gasteiger partial charge is 0.266 e. The van der Waals surface area contributed by atoms with Gasteiger partial charge in [-0.1, -0.05) is 29.3 Å². The van der Waals surface area contributed by atoms with Gasteiger partial charge < -0.3 is 5.73 Å². The molecule has 0 bridgehead atoms. The zero-order chi connectivity index (χ0) is 17.2. The molecule has 0 radical (unpaired) electrons. The molecule has 9 heteroatoms. The molecule has 2 N–H and O–H groups in total. The molecule has 122 valence electrons.